The Morgan fingerprint density at radius 1 is 0.875 bits per heavy atom. The average Bonchev–Trinajstić information content (AvgIpc) is 2.54. The van der Waals surface area contributed by atoms with Crippen molar-refractivity contribution in [2.75, 3.05) is 0 Å². The lowest BCUT2D eigenvalue weighted by Gasteiger charge is -2.12. The summed E-state index contributed by atoms with van der Waals surface area (Å²) in [5, 5.41) is 0. The summed E-state index contributed by atoms with van der Waals surface area (Å²) in [7, 11) is 0. The molecule has 1 heterocycles. The van der Waals surface area contributed by atoms with Gasteiger partial charge in [0.05, 0.1) is 13.1 Å². The van der Waals surface area contributed by atoms with Crippen LogP contribution >= 0.6 is 12.2 Å². The van der Waals surface area contributed by atoms with E-state index in [1.54, 1.807) is 15.3 Å². The first kappa shape index (κ1) is 16.4. The summed E-state index contributed by atoms with van der Waals surface area (Å²) in [6.45, 7) is 5.17. The summed E-state index contributed by atoms with van der Waals surface area (Å²) in [6.07, 6.45) is 1.77. The first-order valence-corrected chi connectivity index (χ1v) is 8.35. The van der Waals surface area contributed by atoms with E-state index in [4.69, 9.17) is 12.2 Å². The Balaban J connectivity index is 1.97. The van der Waals surface area contributed by atoms with Crippen molar-refractivity contribution in [3.63, 3.8) is 0 Å². The first-order chi connectivity index (χ1) is 11.5. The first-order valence-electron chi connectivity index (χ1n) is 7.94. The van der Waals surface area contributed by atoms with Crippen molar-refractivity contribution in [2.45, 2.75) is 26.9 Å². The van der Waals surface area contributed by atoms with Crippen molar-refractivity contribution in [1.82, 2.24) is 9.13 Å². The van der Waals surface area contributed by atoms with Crippen LogP contribution in [0.3, 0.4) is 0 Å². The van der Waals surface area contributed by atoms with Gasteiger partial charge in [0.2, 0.25) is 0 Å². The molecule has 0 saturated carbocycles. The van der Waals surface area contributed by atoms with Gasteiger partial charge >= 0.3 is 5.69 Å². The maximum absolute atomic E-state index is 12.8. The number of hydrogen-bond donors (Lipinski definition) is 0. The molecule has 0 bridgehead atoms. The molecule has 3 aromatic rings. The van der Waals surface area contributed by atoms with Gasteiger partial charge in [-0.25, -0.2) is 4.79 Å². The van der Waals surface area contributed by atoms with E-state index in [0.717, 1.165) is 11.1 Å². The van der Waals surface area contributed by atoms with Gasteiger partial charge in [-0.1, -0.05) is 71.9 Å². The quantitative estimate of drug-likeness (QED) is 0.671. The summed E-state index contributed by atoms with van der Waals surface area (Å²) in [5.41, 5.74) is 4.49. The van der Waals surface area contributed by atoms with Crippen molar-refractivity contribution in [3.05, 3.63) is 98.2 Å². The van der Waals surface area contributed by atoms with Crippen molar-refractivity contribution in [2.24, 2.45) is 0 Å². The molecule has 1 aromatic heterocycles. The zero-order chi connectivity index (χ0) is 17.1. The number of aromatic nitrogens is 2. The molecule has 4 heteroatoms. The predicted octanol–water partition coefficient (Wildman–Crippen LogP) is 4.09. The zero-order valence-electron chi connectivity index (χ0n) is 13.9. The molecule has 0 atom stereocenters. The van der Waals surface area contributed by atoms with Crippen LogP contribution in [-0.2, 0) is 13.1 Å². The lowest BCUT2D eigenvalue weighted by atomic mass is 10.1. The Morgan fingerprint density at radius 2 is 1.54 bits per heavy atom. The molecule has 24 heavy (non-hydrogen) atoms. The molecule has 0 aliphatic rings. The molecule has 0 fully saturated rings. The van der Waals surface area contributed by atoms with Gasteiger partial charge in [0, 0.05) is 6.20 Å². The molecule has 3 nitrogen and oxygen atoms in total. The van der Waals surface area contributed by atoms with Crippen LogP contribution in [0, 0.1) is 18.5 Å². The highest BCUT2D eigenvalue weighted by Crippen LogP contribution is 2.10. The molecule has 0 radical (unpaired) electrons. The highest BCUT2D eigenvalue weighted by Gasteiger charge is 2.06. The van der Waals surface area contributed by atoms with Crippen LogP contribution in [-0.4, -0.2) is 9.13 Å². The second-order valence-corrected chi connectivity index (χ2v) is 6.55. The normalized spacial score (nSPS) is 10.8. The Hall–Kier alpha value is -2.46. The summed E-state index contributed by atoms with van der Waals surface area (Å²) in [5.74, 6) is 0. The van der Waals surface area contributed by atoms with Crippen LogP contribution in [0.4, 0.5) is 0 Å². The van der Waals surface area contributed by atoms with Crippen molar-refractivity contribution in [1.29, 1.82) is 0 Å². The topological polar surface area (TPSA) is 26.9 Å². The summed E-state index contributed by atoms with van der Waals surface area (Å²) in [4.78, 5) is 12.8. The highest BCUT2D eigenvalue weighted by atomic mass is 32.1. The number of aryl methyl sites for hydroxylation is 2. The van der Waals surface area contributed by atoms with E-state index in [-0.39, 0.29) is 5.69 Å². The van der Waals surface area contributed by atoms with Crippen LogP contribution < -0.4 is 5.69 Å². The van der Waals surface area contributed by atoms with Crippen molar-refractivity contribution < 1.29 is 0 Å². The van der Waals surface area contributed by atoms with E-state index in [9.17, 15) is 4.79 Å². The van der Waals surface area contributed by atoms with E-state index in [0.29, 0.717) is 17.7 Å². The molecular weight excluding hydrogens is 316 g/mol. The van der Waals surface area contributed by atoms with Gasteiger partial charge in [-0.15, -0.1) is 0 Å². The SMILES string of the molecule is Cc1cc(C)cc(Cn2c(=S)ccn(Cc3ccccc3)c2=O)c1. The smallest absolute Gasteiger partial charge is 0.296 e. The minimum absolute atomic E-state index is 0.0782. The molecule has 0 unspecified atom stereocenters. The third-order valence-electron chi connectivity index (χ3n) is 3.96. The Bertz CT molecular complexity index is 951. The van der Waals surface area contributed by atoms with Crippen LogP contribution in [0.25, 0.3) is 0 Å². The van der Waals surface area contributed by atoms with E-state index < -0.39 is 0 Å². The fourth-order valence-electron chi connectivity index (χ4n) is 2.95. The molecule has 0 aliphatic carbocycles. The monoisotopic (exact) mass is 336 g/mol. The predicted molar refractivity (Wildman–Crippen MR) is 100 cm³/mol. The van der Waals surface area contributed by atoms with E-state index >= 15 is 0 Å². The molecule has 0 aliphatic heterocycles. The van der Waals surface area contributed by atoms with Gasteiger partial charge < -0.3 is 0 Å². The van der Waals surface area contributed by atoms with Crippen LogP contribution in [0.5, 0.6) is 0 Å². The molecule has 0 N–H and O–H groups in total. The Labute approximate surface area is 146 Å². The summed E-state index contributed by atoms with van der Waals surface area (Å²) >= 11 is 5.38. The summed E-state index contributed by atoms with van der Waals surface area (Å²) < 4.78 is 3.92. The van der Waals surface area contributed by atoms with Crippen LogP contribution in [0.2, 0.25) is 0 Å². The van der Waals surface area contributed by atoms with Crippen LogP contribution in [0.1, 0.15) is 22.3 Å². The van der Waals surface area contributed by atoms with Crippen molar-refractivity contribution in [3.8, 4) is 0 Å². The third-order valence-corrected chi connectivity index (χ3v) is 4.31. The van der Waals surface area contributed by atoms with Gasteiger partial charge in [-0.3, -0.25) is 9.13 Å². The minimum atomic E-state index is -0.0782. The number of rotatable bonds is 4. The van der Waals surface area contributed by atoms with Gasteiger partial charge in [0.25, 0.3) is 0 Å². The number of nitrogens with zero attached hydrogens (tertiary/aromatic N) is 2. The fraction of sp³-hybridized carbons (Fsp3) is 0.200. The average molecular weight is 336 g/mol. The van der Waals surface area contributed by atoms with E-state index in [2.05, 4.69) is 32.0 Å². The van der Waals surface area contributed by atoms with Crippen molar-refractivity contribution >= 4 is 12.2 Å². The molecule has 0 spiro atoms. The molecule has 3 rings (SSSR count). The third kappa shape index (κ3) is 3.71. The van der Waals surface area contributed by atoms with Gasteiger partial charge in [0.15, 0.2) is 0 Å². The van der Waals surface area contributed by atoms with E-state index in [1.165, 1.54) is 11.1 Å². The van der Waals surface area contributed by atoms with Gasteiger partial charge in [-0.05, 0) is 31.0 Å². The molecule has 0 saturated heterocycles. The highest BCUT2D eigenvalue weighted by molar-refractivity contribution is 7.71. The second-order valence-electron chi connectivity index (χ2n) is 6.13. The molecule has 0 amide bonds. The number of benzene rings is 2. The lowest BCUT2D eigenvalue weighted by Crippen LogP contribution is -2.31. The maximum atomic E-state index is 12.8. The largest absolute Gasteiger partial charge is 0.329 e. The zero-order valence-corrected chi connectivity index (χ0v) is 14.7. The Morgan fingerprint density at radius 3 is 2.21 bits per heavy atom. The van der Waals surface area contributed by atoms with E-state index in [1.807, 2.05) is 36.4 Å². The molecular formula is C20H20N2OS. The Kier molecular flexibility index (Phi) is 4.76. The minimum Gasteiger partial charge on any atom is -0.296 e. The fourth-order valence-corrected chi connectivity index (χ4v) is 3.15. The summed E-state index contributed by atoms with van der Waals surface area (Å²) in [6, 6.07) is 18.1. The van der Waals surface area contributed by atoms with Gasteiger partial charge in [-0.2, -0.15) is 0 Å². The maximum Gasteiger partial charge on any atom is 0.329 e. The molecule has 2 aromatic carbocycles. The second kappa shape index (κ2) is 6.97. The van der Waals surface area contributed by atoms with Crippen LogP contribution in [0.15, 0.2) is 65.6 Å². The lowest BCUT2D eigenvalue weighted by molar-refractivity contribution is 0.622. The van der Waals surface area contributed by atoms with Gasteiger partial charge in [0.1, 0.15) is 4.64 Å². The molecule has 122 valence electrons. The number of hydrogen-bond acceptors (Lipinski definition) is 2. The standard InChI is InChI=1S/C20H20N2OS/c1-15-10-16(2)12-18(11-15)14-22-19(24)8-9-21(20(22)23)13-17-6-4-3-5-7-17/h3-12H,13-14H2,1-2H3.